The van der Waals surface area contributed by atoms with Gasteiger partial charge in [0.05, 0.1) is 0 Å². The fourth-order valence-electron chi connectivity index (χ4n) is 3.44. The average Bonchev–Trinajstić information content (AvgIpc) is 3.04. The first-order chi connectivity index (χ1) is 14.3. The van der Waals surface area contributed by atoms with Crippen molar-refractivity contribution >= 4 is 18.9 Å². The minimum Gasteiger partial charge on any atom is -0.535 e. The van der Waals surface area contributed by atoms with Crippen LogP contribution < -0.4 is 10.5 Å². The Labute approximate surface area is 174 Å². The van der Waals surface area contributed by atoms with Crippen LogP contribution in [0.3, 0.4) is 0 Å². The first kappa shape index (κ1) is 21.9. The van der Waals surface area contributed by atoms with Gasteiger partial charge in [-0.3, -0.25) is 4.79 Å². The summed E-state index contributed by atoms with van der Waals surface area (Å²) in [6.45, 7) is 5.44. The van der Waals surface area contributed by atoms with Gasteiger partial charge in [-0.1, -0.05) is 32.9 Å². The number of ketones is 1. The summed E-state index contributed by atoms with van der Waals surface area (Å²) in [4.78, 5) is 35.8. The predicted octanol–water partition coefficient (Wildman–Crippen LogP) is 2.94. The van der Waals surface area contributed by atoms with Crippen molar-refractivity contribution in [2.24, 2.45) is 5.92 Å². The van der Waals surface area contributed by atoms with Crippen molar-refractivity contribution in [3.05, 3.63) is 51.5 Å². The first-order valence-corrected chi connectivity index (χ1v) is 10.1. The van der Waals surface area contributed by atoms with E-state index in [2.05, 4.69) is 0 Å². The van der Waals surface area contributed by atoms with Gasteiger partial charge in [-0.05, 0) is 24.0 Å². The fraction of sp³-hybridized carbons (Fsp3) is 0.476. The molecule has 8 nitrogen and oxygen atoms in total. The highest BCUT2D eigenvalue weighted by Crippen LogP contribution is 2.36. The summed E-state index contributed by atoms with van der Waals surface area (Å²) in [6, 6.07) is 5.01. The molecule has 2 aromatic rings. The van der Waals surface area contributed by atoms with E-state index in [-0.39, 0.29) is 47.6 Å². The molecule has 160 valence electrons. The summed E-state index contributed by atoms with van der Waals surface area (Å²) in [5, 5.41) is 10.3. The molecule has 1 atom stereocenters. The molecular weight excluding hydrogens is 391 g/mol. The zero-order valence-electron chi connectivity index (χ0n) is 17.3. The number of hydrogen-bond acceptors (Lipinski definition) is 8. The molecule has 0 amide bonds. The van der Waals surface area contributed by atoms with Crippen molar-refractivity contribution in [2.45, 2.75) is 58.9 Å². The molecule has 0 spiro atoms. The summed E-state index contributed by atoms with van der Waals surface area (Å²) < 4.78 is 20.9. The lowest BCUT2D eigenvalue weighted by Gasteiger charge is -2.28. The number of esters is 1. The molecule has 0 radical (unpaired) electrons. The average molecular weight is 416 g/mol. The maximum absolute atomic E-state index is 12.7. The third kappa shape index (κ3) is 5.02. The van der Waals surface area contributed by atoms with Gasteiger partial charge in [-0.15, -0.1) is 0 Å². The van der Waals surface area contributed by atoms with Crippen LogP contribution in [0.5, 0.6) is 5.75 Å². The third-order valence-corrected chi connectivity index (χ3v) is 4.98. The van der Waals surface area contributed by atoms with E-state index in [1.54, 1.807) is 19.1 Å². The van der Waals surface area contributed by atoms with Gasteiger partial charge in [0.1, 0.15) is 17.1 Å². The number of rotatable bonds is 8. The number of ether oxygens (including phenoxy) is 1. The maximum Gasteiger partial charge on any atom is 0.526 e. The van der Waals surface area contributed by atoms with Crippen molar-refractivity contribution in [3.63, 3.8) is 0 Å². The number of carbonyl (C=O) groups excluding carboxylic acids is 2. The van der Waals surface area contributed by atoms with Crippen molar-refractivity contribution < 1.29 is 32.8 Å². The van der Waals surface area contributed by atoms with Gasteiger partial charge in [0.15, 0.2) is 18.1 Å². The lowest BCUT2D eigenvalue weighted by Crippen LogP contribution is -2.35. The zero-order valence-corrected chi connectivity index (χ0v) is 17.3. The van der Waals surface area contributed by atoms with Crippen molar-refractivity contribution in [2.75, 3.05) is 0 Å². The van der Waals surface area contributed by atoms with E-state index in [1.165, 1.54) is 6.07 Å². The van der Waals surface area contributed by atoms with Crippen LogP contribution in [0.25, 0.3) is 0 Å². The van der Waals surface area contributed by atoms with Gasteiger partial charge in [0.25, 0.3) is 0 Å². The summed E-state index contributed by atoms with van der Waals surface area (Å²) in [5.74, 6) is -0.848. The quantitative estimate of drug-likeness (QED) is 0.516. The van der Waals surface area contributed by atoms with Crippen LogP contribution in [0.1, 0.15) is 61.1 Å². The Morgan fingerprint density at radius 2 is 2.00 bits per heavy atom. The molecule has 9 heteroatoms. The van der Waals surface area contributed by atoms with Crippen molar-refractivity contribution in [3.8, 4) is 5.75 Å². The van der Waals surface area contributed by atoms with E-state index in [9.17, 15) is 19.4 Å². The standard InChI is InChI=1S/C21H25BO8/c1-4-15(23)10-14-9-13-6-5-7-16(19(13)30-22(14)26)20(24)27-11-18-17(8-12(2)3)28-21(25)29-18/h5-7,12,14,26H,4,8-11H2,1-3H3/t14-/m1/s1. The maximum atomic E-state index is 12.7. The lowest BCUT2D eigenvalue weighted by molar-refractivity contribution is -0.118. The Kier molecular flexibility index (Phi) is 6.82. The first-order valence-electron chi connectivity index (χ1n) is 10.1. The van der Waals surface area contributed by atoms with Gasteiger partial charge in [-0.2, -0.15) is 0 Å². The number of para-hydroxylation sites is 1. The second-order valence-corrected chi connectivity index (χ2v) is 7.84. The normalized spacial score (nSPS) is 15.6. The van der Waals surface area contributed by atoms with E-state index >= 15 is 0 Å². The molecule has 0 bridgehead atoms. The lowest BCUT2D eigenvalue weighted by atomic mass is 9.64. The highest BCUT2D eigenvalue weighted by Gasteiger charge is 2.37. The topological polar surface area (TPSA) is 116 Å². The van der Waals surface area contributed by atoms with Crippen LogP contribution in [-0.2, 0) is 29.0 Å². The number of carbonyl (C=O) groups is 2. The van der Waals surface area contributed by atoms with Crippen LogP contribution in [0.2, 0.25) is 5.82 Å². The Morgan fingerprint density at radius 1 is 1.27 bits per heavy atom. The second-order valence-electron chi connectivity index (χ2n) is 7.84. The Balaban J connectivity index is 1.74. The molecule has 1 aromatic heterocycles. The summed E-state index contributed by atoms with van der Waals surface area (Å²) in [7, 11) is -1.19. The van der Waals surface area contributed by atoms with Gasteiger partial charge >= 0.3 is 18.9 Å². The van der Waals surface area contributed by atoms with E-state index < -0.39 is 18.9 Å². The van der Waals surface area contributed by atoms with Crippen LogP contribution in [0.4, 0.5) is 0 Å². The fourth-order valence-corrected chi connectivity index (χ4v) is 3.44. The van der Waals surface area contributed by atoms with Crippen LogP contribution in [0, 0.1) is 5.92 Å². The predicted molar refractivity (Wildman–Crippen MR) is 107 cm³/mol. The molecule has 30 heavy (non-hydrogen) atoms. The second kappa shape index (κ2) is 9.34. The molecular formula is C21H25BO8. The largest absolute Gasteiger partial charge is 0.535 e. The SMILES string of the molecule is CCC(=O)C[C@H]1Cc2cccc(C(=O)OCc3oc(=O)oc3CC(C)C)c2OB1O. The van der Waals surface area contributed by atoms with Crippen LogP contribution >= 0.6 is 0 Å². The molecule has 3 rings (SSSR count). The number of hydrogen-bond donors (Lipinski definition) is 1. The Hall–Kier alpha value is -2.81. The number of Topliss-reactive ketones (excluding diaryl/α,β-unsaturated/α-hetero) is 1. The third-order valence-electron chi connectivity index (χ3n) is 4.98. The van der Waals surface area contributed by atoms with Crippen LogP contribution in [0.15, 0.2) is 31.8 Å². The van der Waals surface area contributed by atoms with Gasteiger partial charge in [-0.25, -0.2) is 9.59 Å². The zero-order chi connectivity index (χ0) is 21.8. The van der Waals surface area contributed by atoms with Gasteiger partial charge in [0, 0.05) is 25.1 Å². The Morgan fingerprint density at radius 3 is 2.70 bits per heavy atom. The van der Waals surface area contributed by atoms with Crippen molar-refractivity contribution in [1.82, 2.24) is 0 Å². The molecule has 0 fully saturated rings. The highest BCUT2D eigenvalue weighted by molar-refractivity contribution is 6.47. The summed E-state index contributed by atoms with van der Waals surface area (Å²) in [5.41, 5.74) is 0.877. The number of fused-ring (bicyclic) bond motifs is 1. The molecule has 1 aliphatic rings. The van der Waals surface area contributed by atoms with E-state index in [1.807, 2.05) is 13.8 Å². The molecule has 1 aromatic carbocycles. The molecule has 0 saturated carbocycles. The summed E-state index contributed by atoms with van der Waals surface area (Å²) in [6.07, 6.45) is 1.50. The molecule has 2 heterocycles. The van der Waals surface area contributed by atoms with E-state index in [4.69, 9.17) is 18.2 Å². The Bertz CT molecular complexity index is 974. The molecule has 1 aliphatic heterocycles. The number of benzene rings is 1. The monoisotopic (exact) mass is 416 g/mol. The molecule has 0 saturated heterocycles. The van der Waals surface area contributed by atoms with E-state index in [0.717, 1.165) is 5.56 Å². The van der Waals surface area contributed by atoms with Crippen molar-refractivity contribution in [1.29, 1.82) is 0 Å². The molecule has 0 unspecified atom stereocenters. The molecule has 0 aliphatic carbocycles. The van der Waals surface area contributed by atoms with Crippen LogP contribution in [-0.4, -0.2) is 23.9 Å². The highest BCUT2D eigenvalue weighted by atomic mass is 16.6. The van der Waals surface area contributed by atoms with E-state index in [0.29, 0.717) is 25.0 Å². The van der Waals surface area contributed by atoms with Gasteiger partial charge < -0.3 is 23.2 Å². The van der Waals surface area contributed by atoms with Gasteiger partial charge in [0.2, 0.25) is 0 Å². The smallest absolute Gasteiger partial charge is 0.526 e. The summed E-state index contributed by atoms with van der Waals surface area (Å²) >= 11 is 0. The minimum absolute atomic E-state index is 0.0421. The minimum atomic E-state index is -1.19. The molecule has 1 N–H and O–H groups in total.